The standard InChI is InChI=1S/C28H20Cl2N2O5/c29-19-2-1-3-20(30)24(19)26-18(27(37-32-26)13-4-5-13)12-35-23-9-8-21-25(31-23)17-11-16(17)15-7-6-14(28(33)34)10-22(15)36-21/h1-3,6-10,13,16-17H,4-5,11-12H2,(H,33,34). The number of carboxylic acids is 1. The maximum Gasteiger partial charge on any atom is 0.335 e. The zero-order chi connectivity index (χ0) is 25.3. The van der Waals surface area contributed by atoms with E-state index in [1.807, 2.05) is 12.1 Å². The first-order chi connectivity index (χ1) is 18.0. The zero-order valence-electron chi connectivity index (χ0n) is 19.4. The Morgan fingerprint density at radius 3 is 2.62 bits per heavy atom. The van der Waals surface area contributed by atoms with E-state index in [0.717, 1.165) is 41.8 Å². The summed E-state index contributed by atoms with van der Waals surface area (Å²) in [7, 11) is 0. The van der Waals surface area contributed by atoms with Crippen LogP contribution in [0.3, 0.4) is 0 Å². The van der Waals surface area contributed by atoms with E-state index in [2.05, 4.69) is 5.16 Å². The maximum atomic E-state index is 11.4. The highest BCUT2D eigenvalue weighted by Gasteiger charge is 2.46. The predicted molar refractivity (Wildman–Crippen MR) is 136 cm³/mol. The van der Waals surface area contributed by atoms with Gasteiger partial charge in [0, 0.05) is 23.5 Å². The van der Waals surface area contributed by atoms with Crippen molar-refractivity contribution >= 4 is 29.2 Å². The molecule has 3 aliphatic rings. The number of carbonyl (C=O) groups is 1. The number of nitrogens with zero attached hydrogens (tertiary/aromatic N) is 2. The average molecular weight is 535 g/mol. The summed E-state index contributed by atoms with van der Waals surface area (Å²) in [6, 6.07) is 14.0. The van der Waals surface area contributed by atoms with Gasteiger partial charge in [0.1, 0.15) is 29.6 Å². The van der Waals surface area contributed by atoms with E-state index < -0.39 is 5.97 Å². The van der Waals surface area contributed by atoms with Gasteiger partial charge in [-0.05, 0) is 61.1 Å². The number of rotatable bonds is 6. The van der Waals surface area contributed by atoms with Gasteiger partial charge in [0.2, 0.25) is 5.88 Å². The second-order valence-electron chi connectivity index (χ2n) is 9.67. The van der Waals surface area contributed by atoms with Crippen molar-refractivity contribution in [1.29, 1.82) is 0 Å². The lowest BCUT2D eigenvalue weighted by atomic mass is 10.0. The van der Waals surface area contributed by atoms with Gasteiger partial charge >= 0.3 is 5.97 Å². The van der Waals surface area contributed by atoms with Gasteiger partial charge in [0.15, 0.2) is 0 Å². The van der Waals surface area contributed by atoms with Crippen LogP contribution in [-0.2, 0) is 6.61 Å². The molecule has 1 aliphatic heterocycles. The summed E-state index contributed by atoms with van der Waals surface area (Å²) in [4.78, 5) is 16.2. The van der Waals surface area contributed by atoms with Crippen LogP contribution in [0, 0.1) is 0 Å². The molecule has 0 spiro atoms. The van der Waals surface area contributed by atoms with Gasteiger partial charge in [-0.25, -0.2) is 9.78 Å². The van der Waals surface area contributed by atoms with E-state index in [4.69, 9.17) is 42.2 Å². The van der Waals surface area contributed by atoms with Crippen molar-refractivity contribution < 1.29 is 23.9 Å². The van der Waals surface area contributed by atoms with Crippen LogP contribution >= 0.6 is 23.2 Å². The van der Waals surface area contributed by atoms with Gasteiger partial charge in [-0.15, -0.1) is 0 Å². The van der Waals surface area contributed by atoms with Crippen molar-refractivity contribution in [2.45, 2.75) is 43.6 Å². The number of halogens is 2. The van der Waals surface area contributed by atoms with E-state index in [1.165, 1.54) is 0 Å². The summed E-state index contributed by atoms with van der Waals surface area (Å²) >= 11 is 12.9. The van der Waals surface area contributed by atoms with Gasteiger partial charge in [0.25, 0.3) is 0 Å². The lowest BCUT2D eigenvalue weighted by molar-refractivity contribution is 0.0696. The molecule has 186 valence electrons. The summed E-state index contributed by atoms with van der Waals surface area (Å²) in [5.41, 5.74) is 4.06. The molecule has 2 aromatic carbocycles. The molecule has 4 aromatic rings. The predicted octanol–water partition coefficient (Wildman–Crippen LogP) is 7.57. The largest absolute Gasteiger partial charge is 0.478 e. The Kier molecular flexibility index (Phi) is 5.20. The Morgan fingerprint density at radius 2 is 1.86 bits per heavy atom. The molecule has 2 aliphatic carbocycles. The van der Waals surface area contributed by atoms with E-state index >= 15 is 0 Å². The van der Waals surface area contributed by atoms with Crippen molar-refractivity contribution in [1.82, 2.24) is 10.1 Å². The average Bonchev–Trinajstić information content (AvgIpc) is 3.80. The van der Waals surface area contributed by atoms with Crippen LogP contribution in [0.15, 0.2) is 53.1 Å². The third-order valence-corrected chi connectivity index (χ3v) is 7.84. The number of benzene rings is 2. The van der Waals surface area contributed by atoms with Crippen molar-refractivity contribution in [3.8, 4) is 28.6 Å². The Hall–Kier alpha value is -3.55. The summed E-state index contributed by atoms with van der Waals surface area (Å²) < 4.78 is 18.0. The first kappa shape index (κ1) is 22.6. The summed E-state index contributed by atoms with van der Waals surface area (Å²) in [6.45, 7) is 0.204. The molecule has 1 N–H and O–H groups in total. The van der Waals surface area contributed by atoms with Gasteiger partial charge in [-0.2, -0.15) is 0 Å². The smallest absolute Gasteiger partial charge is 0.335 e. The van der Waals surface area contributed by atoms with Crippen LogP contribution in [0.1, 0.15) is 70.0 Å². The van der Waals surface area contributed by atoms with Crippen LogP contribution in [-0.4, -0.2) is 21.2 Å². The molecular weight excluding hydrogens is 515 g/mol. The number of aromatic carboxylic acids is 1. The minimum Gasteiger partial charge on any atom is -0.478 e. The monoisotopic (exact) mass is 534 g/mol. The lowest BCUT2D eigenvalue weighted by Gasteiger charge is -2.13. The number of pyridine rings is 1. The van der Waals surface area contributed by atoms with Crippen LogP contribution in [0.4, 0.5) is 0 Å². The number of fused-ring (bicyclic) bond motifs is 5. The molecule has 7 rings (SSSR count). The first-order valence-electron chi connectivity index (χ1n) is 12.1. The van der Waals surface area contributed by atoms with E-state index in [-0.39, 0.29) is 24.0 Å². The Labute approximate surface area is 221 Å². The van der Waals surface area contributed by atoms with Gasteiger partial charge in [-0.3, -0.25) is 0 Å². The van der Waals surface area contributed by atoms with E-state index in [9.17, 15) is 9.90 Å². The number of hydrogen-bond donors (Lipinski definition) is 1. The van der Waals surface area contributed by atoms with Crippen molar-refractivity contribution in [2.24, 2.45) is 0 Å². The third-order valence-electron chi connectivity index (χ3n) is 7.21. The second kappa shape index (κ2) is 8.50. The molecule has 0 saturated heterocycles. The molecule has 2 saturated carbocycles. The van der Waals surface area contributed by atoms with Gasteiger partial charge in [-0.1, -0.05) is 40.5 Å². The Morgan fingerprint density at radius 1 is 1.05 bits per heavy atom. The SMILES string of the molecule is O=C(O)c1ccc2c(c1)Oc1ccc(OCc3c(-c4c(Cl)cccc4Cl)noc3C3CC3)nc1C1CC21. The normalized spacial score (nSPS) is 19.2. The van der Waals surface area contributed by atoms with Gasteiger partial charge < -0.3 is 19.1 Å². The first-order valence-corrected chi connectivity index (χ1v) is 12.8. The van der Waals surface area contributed by atoms with Crippen LogP contribution in [0.5, 0.6) is 17.4 Å². The molecule has 2 atom stereocenters. The van der Waals surface area contributed by atoms with Crippen LogP contribution < -0.4 is 9.47 Å². The number of carboxylic acid groups (broad SMARTS) is 1. The summed E-state index contributed by atoms with van der Waals surface area (Å²) in [5, 5.41) is 14.7. The maximum absolute atomic E-state index is 11.4. The molecule has 37 heavy (non-hydrogen) atoms. The zero-order valence-corrected chi connectivity index (χ0v) is 20.9. The van der Waals surface area contributed by atoms with Crippen LogP contribution in [0.25, 0.3) is 11.3 Å². The van der Waals surface area contributed by atoms with Crippen molar-refractivity contribution in [3.63, 3.8) is 0 Å². The van der Waals surface area contributed by atoms with E-state index in [0.29, 0.717) is 44.6 Å². The second-order valence-corrected chi connectivity index (χ2v) is 10.5. The number of ether oxygens (including phenoxy) is 2. The minimum atomic E-state index is -0.984. The Bertz CT molecular complexity index is 1560. The molecular formula is C28H20Cl2N2O5. The fourth-order valence-electron chi connectivity index (χ4n) is 5.09. The quantitative estimate of drug-likeness (QED) is 0.272. The summed E-state index contributed by atoms with van der Waals surface area (Å²) in [5.74, 6) is 2.23. The third kappa shape index (κ3) is 3.93. The van der Waals surface area contributed by atoms with E-state index in [1.54, 1.807) is 36.4 Å². The molecule has 3 heterocycles. The molecule has 2 fully saturated rings. The molecule has 0 amide bonds. The van der Waals surface area contributed by atoms with Crippen molar-refractivity contribution in [2.75, 3.05) is 0 Å². The lowest BCUT2D eigenvalue weighted by Crippen LogP contribution is -2.03. The number of hydrogen-bond acceptors (Lipinski definition) is 6. The van der Waals surface area contributed by atoms with Crippen LogP contribution in [0.2, 0.25) is 10.0 Å². The fourth-order valence-corrected chi connectivity index (χ4v) is 5.67. The molecule has 0 radical (unpaired) electrons. The highest BCUT2D eigenvalue weighted by atomic mass is 35.5. The highest BCUT2D eigenvalue weighted by Crippen LogP contribution is 2.61. The molecule has 2 unspecified atom stereocenters. The molecule has 9 heteroatoms. The van der Waals surface area contributed by atoms with Crippen molar-refractivity contribution in [3.05, 3.63) is 86.7 Å². The minimum absolute atomic E-state index is 0.196. The fraction of sp³-hybridized carbons (Fsp3) is 0.250. The van der Waals surface area contributed by atoms with Gasteiger partial charge in [0.05, 0.1) is 26.9 Å². The topological polar surface area (TPSA) is 94.7 Å². The molecule has 0 bridgehead atoms. The molecule has 2 aromatic heterocycles. The number of aromatic nitrogens is 2. The molecule has 7 nitrogen and oxygen atoms in total. The Balaban J connectivity index is 1.19. The highest BCUT2D eigenvalue weighted by molar-refractivity contribution is 6.39. The summed E-state index contributed by atoms with van der Waals surface area (Å²) in [6.07, 6.45) is 3.01.